The largest absolute Gasteiger partial charge is 0.390 e. The van der Waals surface area contributed by atoms with Gasteiger partial charge in [0.1, 0.15) is 0 Å². The summed E-state index contributed by atoms with van der Waals surface area (Å²) in [5.41, 5.74) is 0. The molecule has 1 rings (SSSR count). The number of piperidine rings is 1. The molecule has 1 aliphatic rings. The van der Waals surface area contributed by atoms with E-state index < -0.39 is 0 Å². The van der Waals surface area contributed by atoms with Crippen LogP contribution in [0.2, 0.25) is 0 Å². The topological polar surface area (TPSA) is 35.5 Å². The van der Waals surface area contributed by atoms with Crippen LogP contribution in [0.15, 0.2) is 0 Å². The minimum absolute atomic E-state index is 0.229. The Morgan fingerprint density at radius 3 is 2.86 bits per heavy atom. The lowest BCUT2D eigenvalue weighted by Crippen LogP contribution is -2.47. The van der Waals surface area contributed by atoms with Crippen molar-refractivity contribution >= 4 is 0 Å². The van der Waals surface area contributed by atoms with Gasteiger partial charge in [0, 0.05) is 19.1 Å². The first-order chi connectivity index (χ1) is 6.65. The van der Waals surface area contributed by atoms with Gasteiger partial charge in [0.2, 0.25) is 0 Å². The summed E-state index contributed by atoms with van der Waals surface area (Å²) in [4.78, 5) is 2.41. The molecule has 3 unspecified atom stereocenters. The SMILES string of the molecule is CNCC(O)CN1CCCC(C)C1C. The van der Waals surface area contributed by atoms with Gasteiger partial charge in [0.05, 0.1) is 6.10 Å². The third-order valence-corrected chi connectivity index (χ3v) is 3.39. The van der Waals surface area contributed by atoms with Crippen LogP contribution in [-0.2, 0) is 0 Å². The Hall–Kier alpha value is -0.120. The van der Waals surface area contributed by atoms with Gasteiger partial charge in [-0.15, -0.1) is 0 Å². The van der Waals surface area contributed by atoms with Crippen LogP contribution in [0.25, 0.3) is 0 Å². The molecule has 0 aromatic carbocycles. The van der Waals surface area contributed by atoms with Crippen molar-refractivity contribution in [2.45, 2.75) is 38.8 Å². The monoisotopic (exact) mass is 200 g/mol. The molecular weight excluding hydrogens is 176 g/mol. The van der Waals surface area contributed by atoms with Gasteiger partial charge in [-0.2, -0.15) is 0 Å². The van der Waals surface area contributed by atoms with Crippen LogP contribution in [0.3, 0.4) is 0 Å². The van der Waals surface area contributed by atoms with Gasteiger partial charge in [-0.25, -0.2) is 0 Å². The van der Waals surface area contributed by atoms with E-state index in [1.54, 1.807) is 0 Å². The Morgan fingerprint density at radius 1 is 1.50 bits per heavy atom. The Morgan fingerprint density at radius 2 is 2.21 bits per heavy atom. The average Bonchev–Trinajstić information content (AvgIpc) is 2.13. The van der Waals surface area contributed by atoms with Crippen LogP contribution in [0.5, 0.6) is 0 Å². The number of β-amino-alcohol motifs (C(OH)–C–C–N with tert-alkyl or cyclic N) is 1. The molecule has 2 N–H and O–H groups in total. The normalized spacial score (nSPS) is 31.7. The number of likely N-dealkylation sites (N-methyl/N-ethyl adjacent to an activating group) is 1. The van der Waals surface area contributed by atoms with Crippen LogP contribution < -0.4 is 5.32 Å². The molecule has 3 heteroatoms. The van der Waals surface area contributed by atoms with Gasteiger partial charge in [0.25, 0.3) is 0 Å². The van der Waals surface area contributed by atoms with E-state index in [1.807, 2.05) is 7.05 Å². The van der Waals surface area contributed by atoms with Crippen molar-refractivity contribution in [3.63, 3.8) is 0 Å². The highest BCUT2D eigenvalue weighted by molar-refractivity contribution is 4.80. The van der Waals surface area contributed by atoms with Gasteiger partial charge in [0.15, 0.2) is 0 Å². The molecule has 1 fully saturated rings. The number of nitrogens with zero attached hydrogens (tertiary/aromatic N) is 1. The standard InChI is InChI=1S/C11H24N2O/c1-9-5-4-6-13(10(9)2)8-11(14)7-12-3/h9-12,14H,4-8H2,1-3H3. The third kappa shape index (κ3) is 3.23. The number of rotatable bonds is 4. The molecule has 0 aromatic rings. The number of likely N-dealkylation sites (tertiary alicyclic amines) is 1. The Balaban J connectivity index is 2.35. The summed E-state index contributed by atoms with van der Waals surface area (Å²) >= 11 is 0. The summed E-state index contributed by atoms with van der Waals surface area (Å²) in [6.07, 6.45) is 2.38. The molecule has 1 aliphatic heterocycles. The van der Waals surface area contributed by atoms with Crippen molar-refractivity contribution < 1.29 is 5.11 Å². The van der Waals surface area contributed by atoms with Gasteiger partial charge in [-0.1, -0.05) is 6.92 Å². The lowest BCUT2D eigenvalue weighted by Gasteiger charge is -2.38. The summed E-state index contributed by atoms with van der Waals surface area (Å²) in [7, 11) is 1.88. The Kier molecular flexibility index (Phi) is 4.85. The summed E-state index contributed by atoms with van der Waals surface area (Å²) in [5, 5.41) is 12.7. The summed E-state index contributed by atoms with van der Waals surface area (Å²) in [6.45, 7) is 7.23. The van der Waals surface area contributed by atoms with Crippen molar-refractivity contribution in [3.05, 3.63) is 0 Å². The van der Waals surface area contributed by atoms with Crippen LogP contribution in [0.4, 0.5) is 0 Å². The van der Waals surface area contributed by atoms with E-state index in [0.717, 1.165) is 19.0 Å². The van der Waals surface area contributed by atoms with Crippen molar-refractivity contribution in [2.75, 3.05) is 26.7 Å². The fourth-order valence-electron chi connectivity index (χ4n) is 2.25. The molecule has 0 bridgehead atoms. The quantitative estimate of drug-likeness (QED) is 0.701. The predicted molar refractivity (Wildman–Crippen MR) is 59.4 cm³/mol. The second kappa shape index (κ2) is 5.69. The highest BCUT2D eigenvalue weighted by Gasteiger charge is 2.25. The van der Waals surface area contributed by atoms with Crippen LogP contribution in [0.1, 0.15) is 26.7 Å². The average molecular weight is 200 g/mol. The van der Waals surface area contributed by atoms with E-state index in [2.05, 4.69) is 24.1 Å². The van der Waals surface area contributed by atoms with Crippen molar-refractivity contribution in [3.8, 4) is 0 Å². The minimum atomic E-state index is -0.229. The van der Waals surface area contributed by atoms with E-state index in [1.165, 1.54) is 12.8 Å². The maximum Gasteiger partial charge on any atom is 0.0791 e. The number of nitrogens with one attached hydrogen (secondary N) is 1. The maximum atomic E-state index is 9.70. The number of hydrogen-bond donors (Lipinski definition) is 2. The smallest absolute Gasteiger partial charge is 0.0791 e. The van der Waals surface area contributed by atoms with E-state index >= 15 is 0 Å². The minimum Gasteiger partial charge on any atom is -0.390 e. The molecule has 0 amide bonds. The molecular formula is C11H24N2O. The van der Waals surface area contributed by atoms with Crippen LogP contribution in [-0.4, -0.2) is 48.8 Å². The van der Waals surface area contributed by atoms with Gasteiger partial charge in [-0.05, 0) is 39.3 Å². The van der Waals surface area contributed by atoms with Crippen molar-refractivity contribution in [1.82, 2.24) is 10.2 Å². The summed E-state index contributed by atoms with van der Waals surface area (Å²) < 4.78 is 0. The van der Waals surface area contributed by atoms with Gasteiger partial charge >= 0.3 is 0 Å². The Labute approximate surface area is 87.5 Å². The number of aliphatic hydroxyl groups is 1. The zero-order chi connectivity index (χ0) is 10.6. The molecule has 1 saturated heterocycles. The molecule has 84 valence electrons. The summed E-state index contributed by atoms with van der Waals surface area (Å²) in [6, 6.07) is 0.621. The van der Waals surface area contributed by atoms with Crippen LogP contribution in [0, 0.1) is 5.92 Å². The molecule has 3 atom stereocenters. The maximum absolute atomic E-state index is 9.70. The second-order valence-corrected chi connectivity index (χ2v) is 4.57. The molecule has 0 aromatic heterocycles. The molecule has 0 aliphatic carbocycles. The van der Waals surface area contributed by atoms with E-state index in [0.29, 0.717) is 12.6 Å². The Bertz CT molecular complexity index is 163. The van der Waals surface area contributed by atoms with Crippen molar-refractivity contribution in [1.29, 1.82) is 0 Å². The first-order valence-corrected chi connectivity index (χ1v) is 5.72. The van der Waals surface area contributed by atoms with E-state index in [-0.39, 0.29) is 6.10 Å². The van der Waals surface area contributed by atoms with Gasteiger partial charge in [-0.3, -0.25) is 4.90 Å². The predicted octanol–water partition coefficient (Wildman–Crippen LogP) is 0.687. The van der Waals surface area contributed by atoms with E-state index in [4.69, 9.17) is 0 Å². The zero-order valence-corrected chi connectivity index (χ0v) is 9.66. The third-order valence-electron chi connectivity index (χ3n) is 3.39. The second-order valence-electron chi connectivity index (χ2n) is 4.57. The zero-order valence-electron chi connectivity index (χ0n) is 9.66. The molecule has 0 radical (unpaired) electrons. The highest BCUT2D eigenvalue weighted by atomic mass is 16.3. The lowest BCUT2D eigenvalue weighted by molar-refractivity contribution is 0.0525. The summed E-state index contributed by atoms with van der Waals surface area (Å²) in [5.74, 6) is 0.769. The molecule has 3 nitrogen and oxygen atoms in total. The molecule has 14 heavy (non-hydrogen) atoms. The van der Waals surface area contributed by atoms with Crippen LogP contribution >= 0.6 is 0 Å². The fourth-order valence-corrected chi connectivity index (χ4v) is 2.25. The molecule has 0 saturated carbocycles. The fraction of sp³-hybridized carbons (Fsp3) is 1.00. The van der Waals surface area contributed by atoms with Crippen molar-refractivity contribution in [2.24, 2.45) is 5.92 Å². The van der Waals surface area contributed by atoms with Gasteiger partial charge < -0.3 is 10.4 Å². The first kappa shape index (κ1) is 12.0. The first-order valence-electron chi connectivity index (χ1n) is 5.72. The van der Waals surface area contributed by atoms with E-state index in [9.17, 15) is 5.11 Å². The lowest BCUT2D eigenvalue weighted by atomic mass is 9.92. The molecule has 0 spiro atoms. The molecule has 1 heterocycles. The highest BCUT2D eigenvalue weighted by Crippen LogP contribution is 2.22. The number of hydrogen-bond acceptors (Lipinski definition) is 3. The number of aliphatic hydroxyl groups excluding tert-OH is 1.